The van der Waals surface area contributed by atoms with Crippen LogP contribution in [-0.2, 0) is 28.1 Å². The Labute approximate surface area is 815 Å². The average molecular weight is 1810 g/mol. The quantitative estimate of drug-likeness (QED) is 0.0903. The minimum absolute atomic E-state index is 0.0458. The third-order valence-electron chi connectivity index (χ3n) is 28.9. The molecule has 0 aliphatic rings. The minimum atomic E-state index is -0.315. The van der Waals surface area contributed by atoms with Gasteiger partial charge in [-0.2, -0.15) is 0 Å². The molecule has 0 saturated heterocycles. The second kappa shape index (κ2) is 33.5. The van der Waals surface area contributed by atoms with E-state index in [0.29, 0.717) is 0 Å². The van der Waals surface area contributed by atoms with Gasteiger partial charge in [-0.1, -0.05) is 379 Å². The molecule has 0 saturated carbocycles. The van der Waals surface area contributed by atoms with Gasteiger partial charge in [0.05, 0.1) is 44.8 Å². The van der Waals surface area contributed by atoms with Crippen LogP contribution in [0.1, 0.15) is 104 Å². The summed E-state index contributed by atoms with van der Waals surface area (Å²) >= 11 is 3.73. The summed E-state index contributed by atoms with van der Waals surface area (Å²) in [6, 6.07) is 163. The van der Waals surface area contributed by atoms with Gasteiger partial charge in [-0.05, 0) is 260 Å². The van der Waals surface area contributed by atoms with Crippen molar-refractivity contribution in [1.82, 2.24) is 9.13 Å². The lowest BCUT2D eigenvalue weighted by Crippen LogP contribution is -2.22. The van der Waals surface area contributed by atoms with Crippen molar-refractivity contribution in [3.05, 3.63) is 459 Å². The zero-order valence-electron chi connectivity index (χ0n) is 79.8. The first-order valence-corrected chi connectivity index (χ1v) is 50.1. The van der Waals surface area contributed by atoms with Crippen molar-refractivity contribution in [3.63, 3.8) is 0 Å². The highest BCUT2D eigenvalue weighted by atomic mass is 32.1. The number of rotatable bonds is 17. The topological polar surface area (TPSA) is 16.3 Å². The number of hydrogen-bond acceptors (Lipinski definition) is 4. The van der Waals surface area contributed by atoms with Crippen LogP contribution in [0.2, 0.25) is 0 Å². The number of fused-ring (bicyclic) bond motifs is 14. The molecule has 4 nitrogen and oxygen atoms in total. The van der Waals surface area contributed by atoms with E-state index in [-0.39, 0.29) is 21.7 Å². The molecular formula is C132H106N4S2. The second-order valence-corrected chi connectivity index (χ2v) is 43.4. The molecule has 0 unspecified atom stereocenters. The predicted octanol–water partition coefficient (Wildman–Crippen LogP) is 38.3. The zero-order chi connectivity index (χ0) is 93.6. The van der Waals surface area contributed by atoms with Crippen molar-refractivity contribution in [2.45, 2.75) is 104 Å². The minimum Gasteiger partial charge on any atom is -0.309 e. The number of anilines is 6. The van der Waals surface area contributed by atoms with Crippen LogP contribution >= 0.6 is 22.7 Å². The molecule has 666 valence electrons. The third kappa shape index (κ3) is 14.9. The van der Waals surface area contributed by atoms with Crippen molar-refractivity contribution >= 4 is 162 Å². The molecule has 0 aliphatic heterocycles. The monoisotopic (exact) mass is 1810 g/mol. The van der Waals surface area contributed by atoms with Crippen LogP contribution in [0.25, 0.3) is 184 Å². The van der Waals surface area contributed by atoms with Gasteiger partial charge >= 0.3 is 0 Å². The molecule has 0 fully saturated rings. The van der Waals surface area contributed by atoms with E-state index in [4.69, 9.17) is 0 Å². The van der Waals surface area contributed by atoms with E-state index in [9.17, 15) is 0 Å². The summed E-state index contributed by atoms with van der Waals surface area (Å²) in [5, 5.41) is 14.8. The van der Waals surface area contributed by atoms with Crippen molar-refractivity contribution in [3.8, 4) is 78.1 Å². The Bertz CT molecular complexity index is 8920. The Balaban J connectivity index is 0.599. The lowest BCUT2D eigenvalue weighted by atomic mass is 9.75. The maximum absolute atomic E-state index is 2.56. The molecule has 0 amide bonds. The average Bonchev–Trinajstić information content (AvgIpc) is 1.52. The second-order valence-electron chi connectivity index (χ2n) is 41.3. The van der Waals surface area contributed by atoms with E-state index < -0.39 is 0 Å². The summed E-state index contributed by atoms with van der Waals surface area (Å²) in [5.41, 5.74) is 33.8. The molecule has 4 aromatic heterocycles. The van der Waals surface area contributed by atoms with Gasteiger partial charge in [-0.3, -0.25) is 0 Å². The standard InChI is InChI=1S/C132H106N4S2/c1-129(2,3)92-75-90(76-93(81-92)130(4,5)6)101-51-29-36-86-38-31-54-106(124(86)101)103-46-18-23-56-112(103)134(117-60-34-64-122-127(117)109-49-21-26-62-120(109)137-122)98-70-67-85(68-71-98)88-69-72-105-111-74-84(66-73-115(111)135(119(105)80-88)97-43-16-13-17-44-97)83-132(10,11)95-78-91(77-94(82-95)131(7,8)9)102-52-30-37-87-39-32-55-107(125(87)102)104-47-19-24-57-113(104)136(118-61-35-65-123-128(118)110-50-22-27-63-121(110)138-123)99-45-28-40-89(79-99)100-53-33-59-116-126(100)108-48-20-25-58-114(108)133(116)96-41-14-12-15-42-96/h12-82H,83H2,1-11H3. The first-order chi connectivity index (χ1) is 67.1. The Morgan fingerprint density at radius 1 is 0.217 bits per heavy atom. The summed E-state index contributed by atoms with van der Waals surface area (Å²) < 4.78 is 9.95. The largest absolute Gasteiger partial charge is 0.309 e. The van der Waals surface area contributed by atoms with Crippen LogP contribution in [0, 0.1) is 0 Å². The molecule has 0 atom stereocenters. The molecule has 0 bridgehead atoms. The maximum Gasteiger partial charge on any atom is 0.0555 e. The molecule has 24 rings (SSSR count). The molecule has 0 N–H and O–H groups in total. The maximum atomic E-state index is 2.56. The van der Waals surface area contributed by atoms with Gasteiger partial charge in [0, 0.05) is 95.8 Å². The lowest BCUT2D eigenvalue weighted by molar-refractivity contribution is 0.518. The number of benzene rings is 20. The van der Waals surface area contributed by atoms with E-state index in [1.807, 2.05) is 22.7 Å². The van der Waals surface area contributed by atoms with Gasteiger partial charge in [0.15, 0.2) is 0 Å². The van der Waals surface area contributed by atoms with E-state index >= 15 is 0 Å². The van der Waals surface area contributed by atoms with Gasteiger partial charge in [-0.25, -0.2) is 0 Å². The van der Waals surface area contributed by atoms with Crippen molar-refractivity contribution < 1.29 is 0 Å². The fourth-order valence-electron chi connectivity index (χ4n) is 21.9. The summed E-state index contributed by atoms with van der Waals surface area (Å²) in [4.78, 5) is 5.10. The first-order valence-electron chi connectivity index (χ1n) is 48.5. The highest BCUT2D eigenvalue weighted by Gasteiger charge is 2.32. The van der Waals surface area contributed by atoms with Crippen LogP contribution < -0.4 is 9.80 Å². The van der Waals surface area contributed by atoms with Crippen molar-refractivity contribution in [2.75, 3.05) is 9.80 Å². The van der Waals surface area contributed by atoms with Gasteiger partial charge in [0.2, 0.25) is 0 Å². The summed E-state index contributed by atoms with van der Waals surface area (Å²) in [5.74, 6) is 0. The Kier molecular flexibility index (Phi) is 20.8. The molecular weight excluding hydrogens is 1710 g/mol. The third-order valence-corrected chi connectivity index (χ3v) is 31.1. The Morgan fingerprint density at radius 2 is 0.623 bits per heavy atom. The molecule has 4 heterocycles. The molecule has 20 aromatic carbocycles. The molecule has 0 radical (unpaired) electrons. The molecule has 24 aromatic rings. The zero-order valence-corrected chi connectivity index (χ0v) is 81.4. The molecule has 138 heavy (non-hydrogen) atoms. The van der Waals surface area contributed by atoms with Crippen LogP contribution in [0.15, 0.2) is 431 Å². The number of hydrogen-bond donors (Lipinski definition) is 0. The Morgan fingerprint density at radius 3 is 1.17 bits per heavy atom. The summed E-state index contributed by atoms with van der Waals surface area (Å²) in [6.45, 7) is 26.1. The molecule has 0 spiro atoms. The van der Waals surface area contributed by atoms with Gasteiger partial charge in [-0.15, -0.1) is 22.7 Å². The van der Waals surface area contributed by atoms with E-state index in [1.54, 1.807) is 0 Å². The lowest BCUT2D eigenvalue weighted by Gasteiger charge is -2.30. The van der Waals surface area contributed by atoms with E-state index in [2.05, 4.69) is 526 Å². The van der Waals surface area contributed by atoms with Crippen LogP contribution in [0.5, 0.6) is 0 Å². The fourth-order valence-corrected chi connectivity index (χ4v) is 24.2. The number of aromatic nitrogens is 2. The van der Waals surface area contributed by atoms with Crippen LogP contribution in [-0.4, -0.2) is 9.13 Å². The first kappa shape index (κ1) is 85.5. The predicted molar refractivity (Wildman–Crippen MR) is 597 cm³/mol. The normalized spacial score (nSPS) is 12.3. The van der Waals surface area contributed by atoms with E-state index in [0.717, 1.165) is 79.7 Å². The smallest absolute Gasteiger partial charge is 0.0555 e. The fraction of sp³-hybridized carbons (Fsp3) is 0.121. The molecule has 0 aliphatic carbocycles. The molecule has 6 heteroatoms. The van der Waals surface area contributed by atoms with Crippen molar-refractivity contribution in [2.24, 2.45) is 0 Å². The SMILES string of the molecule is CC(C)(C)c1cc(-c2cccc3cccc(-c4ccccc4N(c4ccc(-c5ccc6c7cc(CC(C)(C)c8cc(-c9cccc%10cccc(-c%11ccccc%11N(c%11cccc(-c%12cccc%13c%12c%12ccccc%12n%13-c%12ccccc%12)c%11)c%11cccc%12sc%13ccccc%13c%11%12)c9%10)cc(C(C)(C)C)c8)ccc7n(-c7ccccc7)c6c5)cc4)c4cccc5sc6ccccc6c45)c23)cc(C(C)(C)C)c1. The highest BCUT2D eigenvalue weighted by Crippen LogP contribution is 2.55. The van der Waals surface area contributed by atoms with Crippen molar-refractivity contribution in [1.29, 1.82) is 0 Å². The Hall–Kier alpha value is -15.4. The van der Waals surface area contributed by atoms with E-state index in [1.165, 1.54) is 172 Å². The number of para-hydroxylation sites is 5. The number of nitrogens with zero attached hydrogens (tertiary/aromatic N) is 4. The summed E-state index contributed by atoms with van der Waals surface area (Å²) in [7, 11) is 0. The van der Waals surface area contributed by atoms with Gasteiger partial charge < -0.3 is 18.9 Å². The summed E-state index contributed by atoms with van der Waals surface area (Å²) in [6.07, 6.45) is 0.814. The van der Waals surface area contributed by atoms with Gasteiger partial charge in [0.25, 0.3) is 0 Å². The number of thiophene rings is 2. The van der Waals surface area contributed by atoms with Crippen LogP contribution in [0.4, 0.5) is 34.1 Å². The van der Waals surface area contributed by atoms with Crippen LogP contribution in [0.3, 0.4) is 0 Å². The highest BCUT2D eigenvalue weighted by molar-refractivity contribution is 7.26. The van der Waals surface area contributed by atoms with Gasteiger partial charge in [0.1, 0.15) is 0 Å².